The van der Waals surface area contributed by atoms with Gasteiger partial charge in [-0.2, -0.15) is 0 Å². The molecule has 0 heterocycles. The Kier molecular flexibility index (Phi) is 6.46. The first kappa shape index (κ1) is 14.7. The molecular weight excluding hydrogens is 250 g/mol. The van der Waals surface area contributed by atoms with E-state index in [2.05, 4.69) is 4.74 Å². The SMILES string of the molecule is COC(=O)C(N)CC(=O)SCCc1ccccc1. The second kappa shape index (κ2) is 7.89. The van der Waals surface area contributed by atoms with Crippen molar-refractivity contribution in [1.82, 2.24) is 0 Å². The lowest BCUT2D eigenvalue weighted by Crippen LogP contribution is -2.33. The van der Waals surface area contributed by atoms with Crippen LogP contribution in [0, 0.1) is 0 Å². The van der Waals surface area contributed by atoms with E-state index in [0.717, 1.165) is 6.42 Å². The fourth-order valence-electron chi connectivity index (χ4n) is 1.40. The number of nitrogens with two attached hydrogens (primary N) is 1. The van der Waals surface area contributed by atoms with Crippen LogP contribution in [-0.4, -0.2) is 30.0 Å². The summed E-state index contributed by atoms with van der Waals surface area (Å²) in [6, 6.07) is 9.07. The van der Waals surface area contributed by atoms with Crippen molar-refractivity contribution in [2.45, 2.75) is 18.9 Å². The summed E-state index contributed by atoms with van der Waals surface area (Å²) >= 11 is 1.20. The van der Waals surface area contributed by atoms with Crippen LogP contribution in [0.5, 0.6) is 0 Å². The molecule has 0 bridgehead atoms. The molecule has 1 aromatic rings. The van der Waals surface area contributed by atoms with Gasteiger partial charge in [-0.25, -0.2) is 0 Å². The van der Waals surface area contributed by atoms with Crippen LogP contribution in [0.4, 0.5) is 0 Å². The van der Waals surface area contributed by atoms with E-state index in [0.29, 0.717) is 5.75 Å². The van der Waals surface area contributed by atoms with Crippen LogP contribution in [0.2, 0.25) is 0 Å². The molecule has 98 valence electrons. The average Bonchev–Trinajstić information content (AvgIpc) is 2.38. The van der Waals surface area contributed by atoms with Crippen LogP contribution < -0.4 is 5.73 Å². The van der Waals surface area contributed by atoms with Crippen LogP contribution >= 0.6 is 11.8 Å². The number of hydrogen-bond donors (Lipinski definition) is 1. The summed E-state index contributed by atoms with van der Waals surface area (Å²) in [5.41, 5.74) is 6.69. The van der Waals surface area contributed by atoms with Crippen molar-refractivity contribution in [3.05, 3.63) is 35.9 Å². The van der Waals surface area contributed by atoms with Gasteiger partial charge in [0.25, 0.3) is 0 Å². The topological polar surface area (TPSA) is 69.4 Å². The van der Waals surface area contributed by atoms with E-state index in [4.69, 9.17) is 5.73 Å². The summed E-state index contributed by atoms with van der Waals surface area (Å²) in [5.74, 6) is 0.142. The molecule has 1 rings (SSSR count). The van der Waals surface area contributed by atoms with Crippen molar-refractivity contribution in [2.24, 2.45) is 5.73 Å². The molecule has 0 saturated carbocycles. The molecule has 0 aliphatic carbocycles. The third-order valence-electron chi connectivity index (χ3n) is 2.39. The van der Waals surface area contributed by atoms with Gasteiger partial charge in [0.1, 0.15) is 6.04 Å². The van der Waals surface area contributed by atoms with Crippen molar-refractivity contribution in [3.8, 4) is 0 Å². The van der Waals surface area contributed by atoms with Gasteiger partial charge in [0.05, 0.1) is 7.11 Å². The van der Waals surface area contributed by atoms with Crippen molar-refractivity contribution in [3.63, 3.8) is 0 Å². The third kappa shape index (κ3) is 5.33. The second-order valence-corrected chi connectivity index (χ2v) is 4.94. The van der Waals surface area contributed by atoms with E-state index in [1.807, 2.05) is 30.3 Å². The normalized spacial score (nSPS) is 11.9. The summed E-state index contributed by atoms with van der Waals surface area (Å²) in [6.45, 7) is 0. The van der Waals surface area contributed by atoms with Crippen molar-refractivity contribution in [1.29, 1.82) is 0 Å². The van der Waals surface area contributed by atoms with Crippen molar-refractivity contribution >= 4 is 22.8 Å². The quantitative estimate of drug-likeness (QED) is 0.789. The average molecular weight is 267 g/mol. The van der Waals surface area contributed by atoms with Crippen LogP contribution in [0.15, 0.2) is 30.3 Å². The van der Waals surface area contributed by atoms with Crippen LogP contribution in [0.25, 0.3) is 0 Å². The predicted molar refractivity (Wildman–Crippen MR) is 72.2 cm³/mol. The molecule has 1 aromatic carbocycles. The van der Waals surface area contributed by atoms with Gasteiger partial charge in [0, 0.05) is 12.2 Å². The molecule has 1 unspecified atom stereocenters. The molecular formula is C13H17NO3S. The summed E-state index contributed by atoms with van der Waals surface area (Å²) in [6.07, 6.45) is 0.844. The maximum Gasteiger partial charge on any atom is 0.323 e. The molecule has 0 aliphatic rings. The Labute approximate surface area is 111 Å². The lowest BCUT2D eigenvalue weighted by atomic mass is 10.2. The van der Waals surface area contributed by atoms with Gasteiger partial charge in [0.15, 0.2) is 5.12 Å². The molecule has 0 amide bonds. The number of ether oxygens (including phenoxy) is 1. The molecule has 18 heavy (non-hydrogen) atoms. The fourth-order valence-corrected chi connectivity index (χ4v) is 2.26. The lowest BCUT2D eigenvalue weighted by molar-refractivity contribution is -0.143. The van der Waals surface area contributed by atoms with Crippen LogP contribution in [-0.2, 0) is 20.7 Å². The van der Waals surface area contributed by atoms with E-state index in [1.54, 1.807) is 0 Å². The van der Waals surface area contributed by atoms with Crippen LogP contribution in [0.3, 0.4) is 0 Å². The van der Waals surface area contributed by atoms with E-state index < -0.39 is 12.0 Å². The van der Waals surface area contributed by atoms with E-state index in [1.165, 1.54) is 24.4 Å². The minimum Gasteiger partial charge on any atom is -0.468 e. The zero-order valence-electron chi connectivity index (χ0n) is 10.3. The summed E-state index contributed by atoms with van der Waals surface area (Å²) in [7, 11) is 1.26. The lowest BCUT2D eigenvalue weighted by Gasteiger charge is -2.07. The first-order valence-electron chi connectivity index (χ1n) is 5.66. The summed E-state index contributed by atoms with van der Waals surface area (Å²) in [4.78, 5) is 22.6. The van der Waals surface area contributed by atoms with Gasteiger partial charge in [0.2, 0.25) is 0 Å². The minimum atomic E-state index is -0.855. The highest BCUT2D eigenvalue weighted by molar-refractivity contribution is 8.13. The molecule has 0 radical (unpaired) electrons. The molecule has 0 fully saturated rings. The Hall–Kier alpha value is -1.33. The molecule has 0 saturated heterocycles. The Morgan fingerprint density at radius 2 is 2.00 bits per heavy atom. The Bertz CT molecular complexity index is 394. The number of carbonyl (C=O) groups excluding carboxylic acids is 2. The van der Waals surface area contributed by atoms with Gasteiger partial charge in [-0.3, -0.25) is 9.59 Å². The molecule has 0 aliphatic heterocycles. The Balaban J connectivity index is 2.23. The van der Waals surface area contributed by atoms with Gasteiger partial charge in [-0.15, -0.1) is 0 Å². The van der Waals surface area contributed by atoms with Gasteiger partial charge in [-0.05, 0) is 12.0 Å². The molecule has 2 N–H and O–H groups in total. The third-order valence-corrected chi connectivity index (χ3v) is 3.28. The number of hydrogen-bond acceptors (Lipinski definition) is 5. The van der Waals surface area contributed by atoms with Gasteiger partial charge < -0.3 is 10.5 Å². The molecule has 5 heteroatoms. The molecule has 0 spiro atoms. The zero-order valence-corrected chi connectivity index (χ0v) is 11.1. The molecule has 4 nitrogen and oxygen atoms in total. The maximum absolute atomic E-state index is 11.5. The van der Waals surface area contributed by atoms with Crippen LogP contribution in [0.1, 0.15) is 12.0 Å². The Morgan fingerprint density at radius 1 is 1.33 bits per heavy atom. The molecule has 1 atom stereocenters. The predicted octanol–water partition coefficient (Wildman–Crippen LogP) is 1.38. The fraction of sp³-hybridized carbons (Fsp3) is 0.385. The number of benzene rings is 1. The highest BCUT2D eigenvalue weighted by atomic mass is 32.2. The number of rotatable bonds is 6. The first-order valence-corrected chi connectivity index (χ1v) is 6.65. The Morgan fingerprint density at radius 3 is 2.61 bits per heavy atom. The monoisotopic (exact) mass is 267 g/mol. The van der Waals surface area contributed by atoms with Crippen molar-refractivity contribution < 1.29 is 14.3 Å². The summed E-state index contributed by atoms with van der Waals surface area (Å²) in [5, 5.41) is -0.0798. The first-order chi connectivity index (χ1) is 8.63. The largest absolute Gasteiger partial charge is 0.468 e. The number of esters is 1. The van der Waals surface area contributed by atoms with Gasteiger partial charge in [-0.1, -0.05) is 42.1 Å². The van der Waals surface area contributed by atoms with Crippen molar-refractivity contribution in [2.75, 3.05) is 12.9 Å². The zero-order chi connectivity index (χ0) is 13.4. The standard InChI is InChI=1S/C13H17NO3S/c1-17-13(16)11(14)9-12(15)18-8-7-10-5-3-2-4-6-10/h2-6,11H,7-9,14H2,1H3. The summed E-state index contributed by atoms with van der Waals surface area (Å²) < 4.78 is 4.46. The number of methoxy groups -OCH3 is 1. The number of thioether (sulfide) groups is 1. The number of carbonyl (C=O) groups is 2. The van der Waals surface area contributed by atoms with E-state index in [-0.39, 0.29) is 11.5 Å². The smallest absolute Gasteiger partial charge is 0.323 e. The second-order valence-electron chi connectivity index (χ2n) is 3.79. The molecule has 0 aromatic heterocycles. The maximum atomic E-state index is 11.5. The minimum absolute atomic E-state index is 0.0200. The highest BCUT2D eigenvalue weighted by Crippen LogP contribution is 2.11. The number of aryl methyl sites for hydroxylation is 1. The van der Waals surface area contributed by atoms with E-state index >= 15 is 0 Å². The van der Waals surface area contributed by atoms with Gasteiger partial charge >= 0.3 is 5.97 Å². The highest BCUT2D eigenvalue weighted by Gasteiger charge is 2.17. The van der Waals surface area contributed by atoms with E-state index in [9.17, 15) is 9.59 Å².